The van der Waals surface area contributed by atoms with Crippen LogP contribution in [0, 0.1) is 5.92 Å². The Morgan fingerprint density at radius 3 is 2.86 bits per heavy atom. The molecule has 1 aromatic carbocycles. The molecule has 1 N–H and O–H groups in total. The SMILES string of the molecule is CCc1cc(OCC(=O)N[C@H]2CCCC[C@H]2C)ccc1Cl. The molecule has 0 unspecified atom stereocenters. The first-order valence-electron chi connectivity index (χ1n) is 7.80. The Morgan fingerprint density at radius 1 is 1.38 bits per heavy atom. The second kappa shape index (κ2) is 7.69. The highest BCUT2D eigenvalue weighted by atomic mass is 35.5. The molecule has 2 rings (SSSR count). The van der Waals surface area contributed by atoms with Crippen LogP contribution < -0.4 is 10.1 Å². The Morgan fingerprint density at radius 2 is 2.14 bits per heavy atom. The molecule has 1 aromatic rings. The maximum Gasteiger partial charge on any atom is 0.258 e. The summed E-state index contributed by atoms with van der Waals surface area (Å²) < 4.78 is 5.57. The summed E-state index contributed by atoms with van der Waals surface area (Å²) >= 11 is 6.07. The van der Waals surface area contributed by atoms with Gasteiger partial charge in [0, 0.05) is 11.1 Å². The molecule has 21 heavy (non-hydrogen) atoms. The molecule has 1 fully saturated rings. The third-order valence-corrected chi connectivity index (χ3v) is 4.59. The highest BCUT2D eigenvalue weighted by Gasteiger charge is 2.22. The van der Waals surface area contributed by atoms with Gasteiger partial charge in [-0.2, -0.15) is 0 Å². The van der Waals surface area contributed by atoms with Crippen molar-refractivity contribution < 1.29 is 9.53 Å². The minimum absolute atomic E-state index is 0.0400. The first kappa shape index (κ1) is 16.2. The first-order valence-corrected chi connectivity index (χ1v) is 8.18. The van der Waals surface area contributed by atoms with Crippen LogP contribution in [0.2, 0.25) is 5.02 Å². The lowest BCUT2D eigenvalue weighted by Gasteiger charge is -2.29. The van der Waals surface area contributed by atoms with Crippen molar-refractivity contribution in [2.75, 3.05) is 6.61 Å². The third-order valence-electron chi connectivity index (χ3n) is 4.23. The molecule has 116 valence electrons. The van der Waals surface area contributed by atoms with E-state index in [9.17, 15) is 4.79 Å². The maximum atomic E-state index is 12.0. The monoisotopic (exact) mass is 309 g/mol. The summed E-state index contributed by atoms with van der Waals surface area (Å²) in [7, 11) is 0. The molecule has 4 heteroatoms. The normalized spacial score (nSPS) is 21.9. The van der Waals surface area contributed by atoms with Crippen molar-refractivity contribution in [1.29, 1.82) is 0 Å². The van der Waals surface area contributed by atoms with Crippen LogP contribution in [-0.4, -0.2) is 18.6 Å². The van der Waals surface area contributed by atoms with E-state index in [0.29, 0.717) is 17.7 Å². The summed E-state index contributed by atoms with van der Waals surface area (Å²) in [4.78, 5) is 12.0. The molecule has 0 aliphatic heterocycles. The quantitative estimate of drug-likeness (QED) is 0.893. The van der Waals surface area contributed by atoms with Gasteiger partial charge in [0.15, 0.2) is 6.61 Å². The van der Waals surface area contributed by atoms with Gasteiger partial charge in [0.05, 0.1) is 0 Å². The van der Waals surface area contributed by atoms with E-state index in [-0.39, 0.29) is 12.5 Å². The zero-order valence-corrected chi connectivity index (χ0v) is 13.6. The van der Waals surface area contributed by atoms with E-state index in [2.05, 4.69) is 12.2 Å². The van der Waals surface area contributed by atoms with Crippen LogP contribution in [-0.2, 0) is 11.2 Å². The molecule has 3 nitrogen and oxygen atoms in total. The Hall–Kier alpha value is -1.22. The van der Waals surface area contributed by atoms with Gasteiger partial charge in [-0.15, -0.1) is 0 Å². The molecule has 0 saturated heterocycles. The topological polar surface area (TPSA) is 38.3 Å². The van der Waals surface area contributed by atoms with Gasteiger partial charge < -0.3 is 10.1 Å². The van der Waals surface area contributed by atoms with E-state index in [4.69, 9.17) is 16.3 Å². The molecule has 1 saturated carbocycles. The Bertz CT molecular complexity index is 490. The predicted molar refractivity (Wildman–Crippen MR) is 85.9 cm³/mol. The average Bonchev–Trinajstić information content (AvgIpc) is 2.49. The lowest BCUT2D eigenvalue weighted by atomic mass is 9.86. The second-order valence-electron chi connectivity index (χ2n) is 5.83. The average molecular weight is 310 g/mol. The van der Waals surface area contributed by atoms with Gasteiger partial charge in [-0.3, -0.25) is 4.79 Å². The number of amides is 1. The predicted octanol–water partition coefficient (Wildman–Crippen LogP) is 3.98. The zero-order valence-electron chi connectivity index (χ0n) is 12.8. The standard InChI is InChI=1S/C17H24ClNO2/c1-3-13-10-14(8-9-15(13)18)21-11-17(20)19-16-7-5-4-6-12(16)2/h8-10,12,16H,3-7,11H2,1-2H3,(H,19,20)/t12-,16+/m1/s1. The lowest BCUT2D eigenvalue weighted by molar-refractivity contribution is -0.124. The number of carbonyl (C=O) groups excluding carboxylic acids is 1. The minimum Gasteiger partial charge on any atom is -0.484 e. The Balaban J connectivity index is 1.83. The third kappa shape index (κ3) is 4.63. The van der Waals surface area contributed by atoms with Gasteiger partial charge in [0.2, 0.25) is 0 Å². The number of carbonyl (C=O) groups is 1. The highest BCUT2D eigenvalue weighted by molar-refractivity contribution is 6.31. The number of hydrogen-bond donors (Lipinski definition) is 1. The molecule has 0 spiro atoms. The van der Waals surface area contributed by atoms with Crippen LogP contribution in [0.3, 0.4) is 0 Å². The second-order valence-corrected chi connectivity index (χ2v) is 6.24. The summed E-state index contributed by atoms with van der Waals surface area (Å²) in [6.45, 7) is 4.31. The molecular weight excluding hydrogens is 286 g/mol. The van der Waals surface area contributed by atoms with Gasteiger partial charge in [0.25, 0.3) is 5.91 Å². The largest absolute Gasteiger partial charge is 0.484 e. The molecule has 1 amide bonds. The van der Waals surface area contributed by atoms with Crippen molar-refractivity contribution in [2.24, 2.45) is 5.92 Å². The van der Waals surface area contributed by atoms with E-state index in [1.165, 1.54) is 19.3 Å². The smallest absolute Gasteiger partial charge is 0.258 e. The van der Waals surface area contributed by atoms with Crippen LogP contribution in [0.15, 0.2) is 18.2 Å². The Kier molecular flexibility index (Phi) is 5.92. The van der Waals surface area contributed by atoms with Crippen molar-refractivity contribution in [2.45, 2.75) is 52.0 Å². The Labute approximate surface area is 132 Å². The molecular formula is C17H24ClNO2. The summed E-state index contributed by atoms with van der Waals surface area (Å²) in [6, 6.07) is 5.82. The number of hydrogen-bond acceptors (Lipinski definition) is 2. The van der Waals surface area contributed by atoms with Gasteiger partial charge in [0.1, 0.15) is 5.75 Å². The highest BCUT2D eigenvalue weighted by Crippen LogP contribution is 2.24. The van der Waals surface area contributed by atoms with Gasteiger partial charge in [-0.1, -0.05) is 38.3 Å². The van der Waals surface area contributed by atoms with Crippen molar-refractivity contribution >= 4 is 17.5 Å². The van der Waals surface area contributed by atoms with Crippen LogP contribution in [0.25, 0.3) is 0 Å². The summed E-state index contributed by atoms with van der Waals surface area (Å²) in [5, 5.41) is 3.83. The molecule has 1 aliphatic carbocycles. The van der Waals surface area contributed by atoms with E-state index in [1.807, 2.05) is 19.1 Å². The van der Waals surface area contributed by atoms with Gasteiger partial charge >= 0.3 is 0 Å². The number of nitrogens with one attached hydrogen (secondary N) is 1. The number of aryl methyl sites for hydroxylation is 1. The maximum absolute atomic E-state index is 12.0. The molecule has 2 atom stereocenters. The first-order chi connectivity index (χ1) is 10.1. The van der Waals surface area contributed by atoms with Crippen molar-refractivity contribution in [3.05, 3.63) is 28.8 Å². The molecule has 0 bridgehead atoms. The van der Waals surface area contributed by atoms with E-state index < -0.39 is 0 Å². The molecule has 1 aliphatic rings. The number of rotatable bonds is 5. The van der Waals surface area contributed by atoms with Gasteiger partial charge in [-0.05, 0) is 48.9 Å². The minimum atomic E-state index is -0.0400. The van der Waals surface area contributed by atoms with Crippen molar-refractivity contribution in [1.82, 2.24) is 5.32 Å². The molecule has 0 radical (unpaired) electrons. The lowest BCUT2D eigenvalue weighted by Crippen LogP contribution is -2.43. The van der Waals surface area contributed by atoms with Crippen LogP contribution in [0.1, 0.15) is 45.1 Å². The fourth-order valence-corrected chi connectivity index (χ4v) is 3.09. The number of benzene rings is 1. The number of halogens is 1. The van der Waals surface area contributed by atoms with Crippen LogP contribution in [0.5, 0.6) is 5.75 Å². The summed E-state index contributed by atoms with van der Waals surface area (Å²) in [5.74, 6) is 1.22. The molecule has 0 aromatic heterocycles. The van der Waals surface area contributed by atoms with Crippen LogP contribution in [0.4, 0.5) is 0 Å². The van der Waals surface area contributed by atoms with Crippen molar-refractivity contribution in [3.8, 4) is 5.75 Å². The fourth-order valence-electron chi connectivity index (χ4n) is 2.84. The molecule has 0 heterocycles. The zero-order chi connectivity index (χ0) is 15.2. The van der Waals surface area contributed by atoms with E-state index in [0.717, 1.165) is 23.4 Å². The number of ether oxygens (including phenoxy) is 1. The van der Waals surface area contributed by atoms with Crippen LogP contribution >= 0.6 is 11.6 Å². The summed E-state index contributed by atoms with van der Waals surface area (Å²) in [5.41, 5.74) is 1.04. The van der Waals surface area contributed by atoms with Crippen molar-refractivity contribution in [3.63, 3.8) is 0 Å². The fraction of sp³-hybridized carbons (Fsp3) is 0.588. The summed E-state index contributed by atoms with van der Waals surface area (Å²) in [6.07, 6.45) is 5.60. The van der Waals surface area contributed by atoms with E-state index in [1.54, 1.807) is 6.07 Å². The van der Waals surface area contributed by atoms with E-state index >= 15 is 0 Å². The van der Waals surface area contributed by atoms with Gasteiger partial charge in [-0.25, -0.2) is 0 Å².